The molecule has 0 amide bonds. The number of hydrogen-bond donors (Lipinski definition) is 1. The lowest BCUT2D eigenvalue weighted by Crippen LogP contribution is -2.07. The van der Waals surface area contributed by atoms with Gasteiger partial charge in [0.25, 0.3) is 0 Å². The smallest absolute Gasteiger partial charge is 0.183 e. The van der Waals surface area contributed by atoms with Gasteiger partial charge in [0.05, 0.1) is 16.9 Å². The van der Waals surface area contributed by atoms with E-state index in [0.717, 1.165) is 16.5 Å². The monoisotopic (exact) mass is 384 g/mol. The number of fused-ring (bicyclic) bond motifs is 1. The van der Waals surface area contributed by atoms with Gasteiger partial charge in [-0.15, -0.1) is 10.2 Å². The molecular formula is C21H16N6S. The molecule has 0 radical (unpaired) electrons. The number of hydrogen-bond acceptors (Lipinski definition) is 5. The van der Waals surface area contributed by atoms with Crippen molar-refractivity contribution in [1.29, 1.82) is 5.26 Å². The molecule has 1 N–H and O–H groups in total. The molecular weight excluding hydrogens is 368 g/mol. The molecule has 0 aliphatic rings. The van der Waals surface area contributed by atoms with Crippen LogP contribution in [0.5, 0.6) is 0 Å². The van der Waals surface area contributed by atoms with Crippen LogP contribution in [0.1, 0.15) is 22.5 Å². The summed E-state index contributed by atoms with van der Waals surface area (Å²) in [6.45, 7) is 1.83. The number of nitrogens with one attached hydrogen (secondary N) is 1. The number of anilines is 1. The minimum absolute atomic E-state index is 0.411. The first kappa shape index (κ1) is 17.8. The lowest BCUT2D eigenvalue weighted by molar-refractivity contribution is 0.794. The van der Waals surface area contributed by atoms with Gasteiger partial charge in [-0.1, -0.05) is 66.8 Å². The van der Waals surface area contributed by atoms with Crippen LogP contribution in [0.2, 0.25) is 0 Å². The molecule has 2 aromatic heterocycles. The zero-order chi connectivity index (χ0) is 19.5. The van der Waals surface area contributed by atoms with Crippen molar-refractivity contribution in [2.45, 2.75) is 13.3 Å². The molecule has 0 spiro atoms. The molecule has 6 nitrogen and oxygen atoms in total. The van der Waals surface area contributed by atoms with E-state index in [1.807, 2.05) is 49.4 Å². The van der Waals surface area contributed by atoms with Crippen LogP contribution in [0.15, 0.2) is 54.6 Å². The fourth-order valence-corrected chi connectivity index (χ4v) is 3.33. The third-order valence-electron chi connectivity index (χ3n) is 4.58. The molecule has 0 unspecified atom stereocenters. The third-order valence-corrected chi connectivity index (χ3v) is 4.70. The maximum atomic E-state index is 9.48. The highest BCUT2D eigenvalue weighted by Gasteiger charge is 2.19. The van der Waals surface area contributed by atoms with E-state index in [1.54, 1.807) is 4.68 Å². The number of benzene rings is 2. The van der Waals surface area contributed by atoms with Crippen molar-refractivity contribution in [2.75, 3.05) is 5.32 Å². The first-order valence-corrected chi connectivity index (χ1v) is 9.18. The number of nitriles is 1. The van der Waals surface area contributed by atoms with Crippen molar-refractivity contribution in [3.05, 3.63) is 77.1 Å². The first-order chi connectivity index (χ1) is 13.7. The summed E-state index contributed by atoms with van der Waals surface area (Å²) >= 11 is 4.84. The molecule has 4 aromatic rings. The molecule has 28 heavy (non-hydrogen) atoms. The van der Waals surface area contributed by atoms with Gasteiger partial charge in [-0.3, -0.25) is 0 Å². The van der Waals surface area contributed by atoms with E-state index < -0.39 is 0 Å². The molecule has 136 valence electrons. The molecule has 4 rings (SSSR count). The van der Waals surface area contributed by atoms with Gasteiger partial charge in [0.2, 0.25) is 0 Å². The second-order valence-corrected chi connectivity index (χ2v) is 6.51. The van der Waals surface area contributed by atoms with Crippen LogP contribution < -0.4 is 5.32 Å². The predicted molar refractivity (Wildman–Crippen MR) is 113 cm³/mol. The maximum absolute atomic E-state index is 9.48. The van der Waals surface area contributed by atoms with Crippen LogP contribution in [0.4, 0.5) is 5.82 Å². The quantitative estimate of drug-likeness (QED) is 0.525. The number of thiocarbonyl (C=S) groups is 1. The highest BCUT2D eigenvalue weighted by Crippen LogP contribution is 2.27. The van der Waals surface area contributed by atoms with Gasteiger partial charge in [-0.05, 0) is 12.5 Å². The summed E-state index contributed by atoms with van der Waals surface area (Å²) in [7, 11) is 0. The Morgan fingerprint density at radius 2 is 1.79 bits per heavy atom. The van der Waals surface area contributed by atoms with E-state index in [-0.39, 0.29) is 0 Å². The van der Waals surface area contributed by atoms with Crippen molar-refractivity contribution in [3.8, 4) is 11.9 Å². The van der Waals surface area contributed by atoms with Gasteiger partial charge in [0, 0.05) is 17.2 Å². The first-order valence-electron chi connectivity index (χ1n) is 8.71. The standard InChI is InChI=1S/C21H16N6S/c1-14-18(12-22)20(23-13-28)26-27(14)21-17-10-6-5-9-16(17)19(24-25-21)11-15-7-3-2-4-8-15/h2-10,13H,11H2,1H3,(H,23,26,28). The molecule has 0 aliphatic heterocycles. The Balaban J connectivity index is 1.88. The van der Waals surface area contributed by atoms with Crippen molar-refractivity contribution in [1.82, 2.24) is 20.0 Å². The summed E-state index contributed by atoms with van der Waals surface area (Å²) in [5, 5.41) is 27.7. The molecule has 0 bridgehead atoms. The maximum Gasteiger partial charge on any atom is 0.183 e. The van der Waals surface area contributed by atoms with E-state index >= 15 is 0 Å². The van der Waals surface area contributed by atoms with Crippen molar-refractivity contribution in [2.24, 2.45) is 0 Å². The number of rotatable bonds is 5. The SMILES string of the molecule is Cc1c(C#N)c(NC=S)nn1-c1nnc(Cc2ccccc2)c2ccccc12. The Labute approximate surface area is 167 Å². The minimum Gasteiger partial charge on any atom is -0.335 e. The number of aromatic nitrogens is 4. The lowest BCUT2D eigenvalue weighted by Gasteiger charge is -2.10. The molecule has 0 saturated heterocycles. The molecule has 2 heterocycles. The van der Waals surface area contributed by atoms with Gasteiger partial charge in [0.15, 0.2) is 11.6 Å². The van der Waals surface area contributed by atoms with Gasteiger partial charge >= 0.3 is 0 Å². The molecule has 0 aliphatic carbocycles. The normalized spacial score (nSPS) is 10.6. The second kappa shape index (κ2) is 7.55. The molecule has 2 aromatic carbocycles. The van der Waals surface area contributed by atoms with E-state index in [1.165, 1.54) is 11.1 Å². The molecule has 0 atom stereocenters. The van der Waals surface area contributed by atoms with Gasteiger partial charge < -0.3 is 5.32 Å². The minimum atomic E-state index is 0.411. The molecule has 0 saturated carbocycles. The zero-order valence-electron chi connectivity index (χ0n) is 15.1. The Morgan fingerprint density at radius 1 is 1.07 bits per heavy atom. The Kier molecular flexibility index (Phi) is 4.79. The van der Waals surface area contributed by atoms with E-state index in [9.17, 15) is 5.26 Å². The van der Waals surface area contributed by atoms with Crippen molar-refractivity contribution >= 4 is 34.3 Å². The fourth-order valence-electron chi connectivity index (χ4n) is 3.22. The van der Waals surface area contributed by atoms with Gasteiger partial charge in [-0.2, -0.15) is 10.4 Å². The summed E-state index contributed by atoms with van der Waals surface area (Å²) in [5.41, 5.74) is 4.51. The van der Waals surface area contributed by atoms with Crippen LogP contribution >= 0.6 is 12.2 Å². The second-order valence-electron chi connectivity index (χ2n) is 6.27. The Bertz CT molecular complexity index is 1210. The Morgan fingerprint density at radius 3 is 2.50 bits per heavy atom. The lowest BCUT2D eigenvalue weighted by atomic mass is 10.0. The van der Waals surface area contributed by atoms with Gasteiger partial charge in [0.1, 0.15) is 11.6 Å². The van der Waals surface area contributed by atoms with Crippen LogP contribution in [0.25, 0.3) is 16.6 Å². The van der Waals surface area contributed by atoms with E-state index in [4.69, 9.17) is 12.2 Å². The van der Waals surface area contributed by atoms with Crippen LogP contribution in [0, 0.1) is 18.3 Å². The highest BCUT2D eigenvalue weighted by atomic mass is 32.1. The average Bonchev–Trinajstić information content (AvgIpc) is 3.04. The summed E-state index contributed by atoms with van der Waals surface area (Å²) < 4.78 is 1.64. The average molecular weight is 384 g/mol. The van der Waals surface area contributed by atoms with Crippen LogP contribution in [-0.4, -0.2) is 25.5 Å². The van der Waals surface area contributed by atoms with Crippen LogP contribution in [0.3, 0.4) is 0 Å². The van der Waals surface area contributed by atoms with E-state index in [2.05, 4.69) is 38.8 Å². The summed E-state index contributed by atoms with van der Waals surface area (Å²) in [6.07, 6.45) is 0.688. The molecule has 0 fully saturated rings. The van der Waals surface area contributed by atoms with Crippen molar-refractivity contribution < 1.29 is 0 Å². The number of nitrogens with zero attached hydrogens (tertiary/aromatic N) is 5. The van der Waals surface area contributed by atoms with Crippen molar-refractivity contribution in [3.63, 3.8) is 0 Å². The zero-order valence-corrected chi connectivity index (χ0v) is 15.9. The summed E-state index contributed by atoms with van der Waals surface area (Å²) in [5.74, 6) is 0.994. The largest absolute Gasteiger partial charge is 0.335 e. The van der Waals surface area contributed by atoms with Gasteiger partial charge in [-0.25, -0.2) is 4.68 Å². The fraction of sp³-hybridized carbons (Fsp3) is 0.0952. The summed E-state index contributed by atoms with van der Waals surface area (Å²) in [4.78, 5) is 0. The predicted octanol–water partition coefficient (Wildman–Crippen LogP) is 3.96. The van der Waals surface area contributed by atoms with Crippen LogP contribution in [-0.2, 0) is 6.42 Å². The summed E-state index contributed by atoms with van der Waals surface area (Å²) in [6, 6.07) is 20.3. The van der Waals surface area contributed by atoms with E-state index in [0.29, 0.717) is 29.3 Å². The molecule has 7 heteroatoms. The Hall–Kier alpha value is -3.63. The topological polar surface area (TPSA) is 79.4 Å². The third kappa shape index (κ3) is 3.10. The highest BCUT2D eigenvalue weighted by molar-refractivity contribution is 7.79.